The Bertz CT molecular complexity index is 340. The number of hydrogen-bond acceptors (Lipinski definition) is 1. The second-order valence-corrected chi connectivity index (χ2v) is 3.66. The Hall–Kier alpha value is -0.120. The average molecular weight is 272 g/mol. The maximum Gasteiger partial charge on any atom is 0.254 e. The summed E-state index contributed by atoms with van der Waals surface area (Å²) in [6.07, 6.45) is 0. The van der Waals surface area contributed by atoms with E-state index in [9.17, 15) is 9.18 Å². The summed E-state index contributed by atoms with van der Waals surface area (Å²) in [5.41, 5.74) is -0.0368. The Morgan fingerprint density at radius 2 is 2.08 bits per heavy atom. The number of halogens is 4. The van der Waals surface area contributed by atoms with Crippen LogP contribution >= 0.6 is 39.1 Å². The second kappa shape index (κ2) is 3.73. The van der Waals surface area contributed by atoms with Crippen molar-refractivity contribution in [2.75, 3.05) is 0 Å². The van der Waals surface area contributed by atoms with Crippen LogP contribution in [0.25, 0.3) is 0 Å². The third-order valence-electron chi connectivity index (χ3n) is 1.20. The van der Waals surface area contributed by atoms with Gasteiger partial charge in [-0.05, 0) is 23.7 Å². The molecular weight excluding hydrogens is 270 g/mol. The van der Waals surface area contributed by atoms with Crippen molar-refractivity contribution < 1.29 is 9.18 Å². The topological polar surface area (TPSA) is 17.1 Å². The molecule has 0 N–H and O–H groups in total. The zero-order valence-electron chi connectivity index (χ0n) is 5.57. The monoisotopic (exact) mass is 270 g/mol. The average Bonchev–Trinajstić information content (AvgIpc) is 1.96. The minimum atomic E-state index is -0.778. The highest BCUT2D eigenvalue weighted by Crippen LogP contribution is 2.25. The summed E-state index contributed by atoms with van der Waals surface area (Å²) in [4.78, 5) is 10.7. The molecule has 1 rings (SSSR count). The molecule has 1 aromatic rings. The van der Waals surface area contributed by atoms with E-state index in [2.05, 4.69) is 15.9 Å². The molecule has 12 heavy (non-hydrogen) atoms. The molecule has 0 amide bonds. The highest BCUT2D eigenvalue weighted by atomic mass is 79.9. The van der Waals surface area contributed by atoms with Crippen molar-refractivity contribution in [2.24, 2.45) is 0 Å². The van der Waals surface area contributed by atoms with Gasteiger partial charge in [0.2, 0.25) is 0 Å². The first-order chi connectivity index (χ1) is 5.52. The summed E-state index contributed by atoms with van der Waals surface area (Å²) in [6, 6.07) is 2.52. The molecule has 0 aliphatic rings. The molecule has 1 nitrogen and oxygen atoms in total. The minimum Gasteiger partial charge on any atom is -0.276 e. The Balaban J connectivity index is 3.37. The zero-order chi connectivity index (χ0) is 9.30. The van der Waals surface area contributed by atoms with Gasteiger partial charge >= 0.3 is 0 Å². The molecule has 5 heteroatoms. The maximum atomic E-state index is 12.8. The highest BCUT2D eigenvalue weighted by Gasteiger charge is 2.12. The van der Waals surface area contributed by atoms with Crippen molar-refractivity contribution in [3.8, 4) is 0 Å². The van der Waals surface area contributed by atoms with Crippen LogP contribution < -0.4 is 0 Å². The van der Waals surface area contributed by atoms with Gasteiger partial charge in [0.25, 0.3) is 5.24 Å². The van der Waals surface area contributed by atoms with E-state index in [1.165, 1.54) is 6.07 Å². The van der Waals surface area contributed by atoms with E-state index in [1.54, 1.807) is 0 Å². The first-order valence-electron chi connectivity index (χ1n) is 2.86. The predicted molar refractivity (Wildman–Crippen MR) is 49.3 cm³/mol. The Labute approximate surface area is 86.6 Å². The fraction of sp³-hybridized carbons (Fsp3) is 0. The lowest BCUT2D eigenvalue weighted by Crippen LogP contribution is -1.93. The lowest BCUT2D eigenvalue weighted by Gasteiger charge is -2.00. The summed E-state index contributed by atoms with van der Waals surface area (Å²) < 4.78 is 13.3. The van der Waals surface area contributed by atoms with Gasteiger partial charge in [-0.25, -0.2) is 4.39 Å². The minimum absolute atomic E-state index is 0.0368. The molecule has 0 unspecified atom stereocenters. The van der Waals surface area contributed by atoms with E-state index in [1.807, 2.05) is 0 Å². The molecule has 0 atom stereocenters. The van der Waals surface area contributed by atoms with Gasteiger partial charge in [0.1, 0.15) is 5.82 Å². The Morgan fingerprint density at radius 1 is 1.50 bits per heavy atom. The molecule has 0 aliphatic carbocycles. The molecular formula is C7H2BrCl2FO. The van der Waals surface area contributed by atoms with Gasteiger partial charge in [-0.3, -0.25) is 4.79 Å². The van der Waals surface area contributed by atoms with Crippen LogP contribution in [0.4, 0.5) is 4.39 Å². The molecule has 0 bridgehead atoms. The van der Waals surface area contributed by atoms with Crippen LogP contribution in [0.15, 0.2) is 16.6 Å². The fourth-order valence-electron chi connectivity index (χ4n) is 0.699. The van der Waals surface area contributed by atoms with Gasteiger partial charge in [-0.1, -0.05) is 27.5 Å². The predicted octanol–water partition coefficient (Wildman–Crippen LogP) is 3.62. The van der Waals surface area contributed by atoms with Crippen molar-refractivity contribution in [3.63, 3.8) is 0 Å². The number of rotatable bonds is 1. The molecule has 0 aliphatic heterocycles. The molecule has 0 fully saturated rings. The second-order valence-electron chi connectivity index (χ2n) is 2.02. The third-order valence-corrected chi connectivity index (χ3v) is 2.25. The maximum absolute atomic E-state index is 12.8. The van der Waals surface area contributed by atoms with Gasteiger partial charge in [-0.2, -0.15) is 0 Å². The first kappa shape index (κ1) is 9.96. The number of carbonyl (C=O) groups excluding carboxylic acids is 1. The van der Waals surface area contributed by atoms with Crippen LogP contribution in [0.2, 0.25) is 5.02 Å². The lowest BCUT2D eigenvalue weighted by atomic mass is 10.2. The van der Waals surface area contributed by atoms with E-state index in [0.29, 0.717) is 4.47 Å². The molecule has 1 aromatic carbocycles. The molecule has 0 heterocycles. The summed E-state index contributed by atoms with van der Waals surface area (Å²) in [6.45, 7) is 0. The molecule has 0 spiro atoms. The molecule has 0 saturated carbocycles. The van der Waals surface area contributed by atoms with Crippen LogP contribution in [-0.4, -0.2) is 5.24 Å². The third kappa shape index (κ3) is 1.97. The summed E-state index contributed by atoms with van der Waals surface area (Å²) >= 11 is 13.6. The van der Waals surface area contributed by atoms with E-state index in [4.69, 9.17) is 23.2 Å². The van der Waals surface area contributed by atoms with Gasteiger partial charge in [-0.15, -0.1) is 0 Å². The van der Waals surface area contributed by atoms with Crippen molar-refractivity contribution in [1.29, 1.82) is 0 Å². The quantitative estimate of drug-likeness (QED) is 0.563. The van der Waals surface area contributed by atoms with Gasteiger partial charge in [0.05, 0.1) is 10.6 Å². The summed E-state index contributed by atoms with van der Waals surface area (Å²) in [7, 11) is 0. The van der Waals surface area contributed by atoms with Crippen molar-refractivity contribution in [3.05, 3.63) is 33.0 Å². The molecule has 64 valence electrons. The number of benzene rings is 1. The molecule has 0 aromatic heterocycles. The lowest BCUT2D eigenvalue weighted by molar-refractivity contribution is 0.108. The van der Waals surface area contributed by atoms with Crippen LogP contribution in [0.3, 0.4) is 0 Å². The van der Waals surface area contributed by atoms with E-state index >= 15 is 0 Å². The first-order valence-corrected chi connectivity index (χ1v) is 4.41. The van der Waals surface area contributed by atoms with Crippen LogP contribution in [0, 0.1) is 5.82 Å². The smallest absolute Gasteiger partial charge is 0.254 e. The Morgan fingerprint density at radius 3 is 2.58 bits per heavy atom. The van der Waals surface area contributed by atoms with E-state index < -0.39 is 11.1 Å². The standard InChI is InChI=1S/C7H2BrCl2FO/c8-3-1-4(7(10)12)6(9)5(11)2-3/h1-2H. The van der Waals surface area contributed by atoms with E-state index in [-0.39, 0.29) is 10.6 Å². The van der Waals surface area contributed by atoms with Crippen molar-refractivity contribution in [1.82, 2.24) is 0 Å². The SMILES string of the molecule is O=C(Cl)c1cc(Br)cc(F)c1Cl. The van der Waals surface area contributed by atoms with Gasteiger partial charge in [0, 0.05) is 4.47 Å². The number of hydrogen-bond donors (Lipinski definition) is 0. The highest BCUT2D eigenvalue weighted by molar-refractivity contribution is 9.10. The summed E-state index contributed by atoms with van der Waals surface area (Å²) in [5.74, 6) is -0.671. The van der Waals surface area contributed by atoms with Crippen LogP contribution in [-0.2, 0) is 0 Å². The van der Waals surface area contributed by atoms with Gasteiger partial charge in [0.15, 0.2) is 0 Å². The largest absolute Gasteiger partial charge is 0.276 e. The Kier molecular flexibility index (Phi) is 3.09. The van der Waals surface area contributed by atoms with Crippen LogP contribution in [0.5, 0.6) is 0 Å². The van der Waals surface area contributed by atoms with Crippen molar-refractivity contribution >= 4 is 44.4 Å². The molecule has 0 radical (unpaired) electrons. The van der Waals surface area contributed by atoms with E-state index in [0.717, 1.165) is 6.07 Å². The summed E-state index contributed by atoms with van der Waals surface area (Å²) in [5, 5.41) is -1.03. The fourth-order valence-corrected chi connectivity index (χ4v) is 1.52. The molecule has 0 saturated heterocycles. The number of carbonyl (C=O) groups is 1. The normalized spacial score (nSPS) is 10.0. The zero-order valence-corrected chi connectivity index (χ0v) is 8.67. The van der Waals surface area contributed by atoms with Crippen molar-refractivity contribution in [2.45, 2.75) is 0 Å². The van der Waals surface area contributed by atoms with Crippen LogP contribution in [0.1, 0.15) is 10.4 Å². The van der Waals surface area contributed by atoms with Gasteiger partial charge < -0.3 is 0 Å².